The van der Waals surface area contributed by atoms with Crippen LogP contribution < -0.4 is 11.1 Å². The molecule has 6 heteroatoms. The van der Waals surface area contributed by atoms with Crippen LogP contribution in [0.5, 0.6) is 0 Å². The summed E-state index contributed by atoms with van der Waals surface area (Å²) in [4.78, 5) is 8.07. The molecule has 2 aromatic rings. The summed E-state index contributed by atoms with van der Waals surface area (Å²) in [5.41, 5.74) is 7.61. The van der Waals surface area contributed by atoms with E-state index >= 15 is 0 Å². The number of hydrogen-bond donors (Lipinski definition) is 2. The minimum absolute atomic E-state index is 0.488. The fourth-order valence-corrected chi connectivity index (χ4v) is 2.18. The van der Waals surface area contributed by atoms with Gasteiger partial charge < -0.3 is 11.1 Å². The van der Waals surface area contributed by atoms with Crippen LogP contribution in [-0.2, 0) is 6.42 Å². The molecule has 0 radical (unpaired) electrons. The molecule has 0 atom stereocenters. The average molecular weight is 297 g/mol. The van der Waals surface area contributed by atoms with Crippen molar-refractivity contribution < 1.29 is 0 Å². The Bertz CT molecular complexity index is 587. The number of anilines is 2. The maximum absolute atomic E-state index is 6.11. The van der Waals surface area contributed by atoms with Gasteiger partial charge in [0.1, 0.15) is 18.0 Å². The van der Waals surface area contributed by atoms with E-state index in [1.54, 1.807) is 6.07 Å². The SMILES string of the molecule is Cc1c(N)ncnc1NCCc1ccc(Cl)cc1Cl. The first-order chi connectivity index (χ1) is 9.08. The zero-order valence-electron chi connectivity index (χ0n) is 10.5. The average Bonchev–Trinajstić information content (AvgIpc) is 2.37. The summed E-state index contributed by atoms with van der Waals surface area (Å²) in [6.07, 6.45) is 2.22. The minimum atomic E-state index is 0.488. The molecule has 0 saturated heterocycles. The van der Waals surface area contributed by atoms with Crippen molar-refractivity contribution in [2.24, 2.45) is 0 Å². The maximum Gasteiger partial charge on any atom is 0.134 e. The second kappa shape index (κ2) is 6.08. The van der Waals surface area contributed by atoms with Crippen molar-refractivity contribution in [1.82, 2.24) is 9.97 Å². The number of hydrogen-bond acceptors (Lipinski definition) is 4. The third kappa shape index (κ3) is 3.49. The molecule has 2 rings (SSSR count). The van der Waals surface area contributed by atoms with Gasteiger partial charge in [0.25, 0.3) is 0 Å². The summed E-state index contributed by atoms with van der Waals surface area (Å²) in [5, 5.41) is 4.54. The highest BCUT2D eigenvalue weighted by Gasteiger charge is 2.05. The Balaban J connectivity index is 1.98. The van der Waals surface area contributed by atoms with E-state index in [1.807, 2.05) is 19.1 Å². The van der Waals surface area contributed by atoms with E-state index in [1.165, 1.54) is 6.33 Å². The summed E-state index contributed by atoms with van der Waals surface area (Å²) in [7, 11) is 0. The van der Waals surface area contributed by atoms with E-state index in [4.69, 9.17) is 28.9 Å². The molecule has 0 saturated carbocycles. The van der Waals surface area contributed by atoms with Gasteiger partial charge in [0.15, 0.2) is 0 Å². The van der Waals surface area contributed by atoms with Gasteiger partial charge in [-0.15, -0.1) is 0 Å². The number of nitrogens with two attached hydrogens (primary N) is 1. The molecule has 19 heavy (non-hydrogen) atoms. The van der Waals surface area contributed by atoms with Crippen molar-refractivity contribution >= 4 is 34.8 Å². The predicted molar refractivity (Wildman–Crippen MR) is 79.8 cm³/mol. The van der Waals surface area contributed by atoms with Crippen molar-refractivity contribution in [2.75, 3.05) is 17.6 Å². The molecule has 0 aliphatic carbocycles. The van der Waals surface area contributed by atoms with E-state index in [-0.39, 0.29) is 0 Å². The van der Waals surface area contributed by atoms with Gasteiger partial charge in [0.05, 0.1) is 0 Å². The Morgan fingerprint density at radius 3 is 2.79 bits per heavy atom. The normalized spacial score (nSPS) is 10.5. The number of nitrogens with zero attached hydrogens (tertiary/aromatic N) is 2. The Labute approximate surface area is 122 Å². The Kier molecular flexibility index (Phi) is 4.45. The van der Waals surface area contributed by atoms with Crippen LogP contribution in [0.3, 0.4) is 0 Å². The quantitative estimate of drug-likeness (QED) is 0.908. The van der Waals surface area contributed by atoms with Crippen LogP contribution in [0.1, 0.15) is 11.1 Å². The Morgan fingerprint density at radius 1 is 1.26 bits per heavy atom. The summed E-state index contributed by atoms with van der Waals surface area (Å²) in [6.45, 7) is 2.59. The van der Waals surface area contributed by atoms with Crippen LogP contribution in [0.4, 0.5) is 11.6 Å². The fourth-order valence-electron chi connectivity index (χ4n) is 1.68. The van der Waals surface area contributed by atoms with E-state index in [2.05, 4.69) is 15.3 Å². The number of aromatic nitrogens is 2. The Morgan fingerprint density at radius 2 is 2.05 bits per heavy atom. The van der Waals surface area contributed by atoms with Gasteiger partial charge >= 0.3 is 0 Å². The number of halogens is 2. The molecule has 1 aromatic carbocycles. The van der Waals surface area contributed by atoms with E-state index in [0.717, 1.165) is 23.4 Å². The number of nitrogens with one attached hydrogen (secondary N) is 1. The highest BCUT2D eigenvalue weighted by molar-refractivity contribution is 6.35. The monoisotopic (exact) mass is 296 g/mol. The first-order valence-corrected chi connectivity index (χ1v) is 6.58. The fraction of sp³-hybridized carbons (Fsp3) is 0.231. The lowest BCUT2D eigenvalue weighted by Crippen LogP contribution is -2.09. The molecular formula is C13H14Cl2N4. The third-order valence-electron chi connectivity index (χ3n) is 2.82. The molecule has 4 nitrogen and oxygen atoms in total. The first-order valence-electron chi connectivity index (χ1n) is 5.83. The van der Waals surface area contributed by atoms with Gasteiger partial charge in [0, 0.05) is 22.2 Å². The van der Waals surface area contributed by atoms with Crippen LogP contribution in [0.25, 0.3) is 0 Å². The molecule has 1 aromatic heterocycles. The van der Waals surface area contributed by atoms with Crippen molar-refractivity contribution in [2.45, 2.75) is 13.3 Å². The van der Waals surface area contributed by atoms with E-state index < -0.39 is 0 Å². The zero-order chi connectivity index (χ0) is 13.8. The highest BCUT2D eigenvalue weighted by atomic mass is 35.5. The maximum atomic E-state index is 6.11. The van der Waals surface area contributed by atoms with Gasteiger partial charge in [-0.05, 0) is 31.0 Å². The first kappa shape index (κ1) is 13.9. The van der Waals surface area contributed by atoms with Crippen molar-refractivity contribution in [3.8, 4) is 0 Å². The van der Waals surface area contributed by atoms with Crippen LogP contribution >= 0.6 is 23.2 Å². The Hall–Kier alpha value is -1.52. The van der Waals surface area contributed by atoms with Crippen LogP contribution in [-0.4, -0.2) is 16.5 Å². The molecular weight excluding hydrogens is 283 g/mol. The molecule has 100 valence electrons. The molecule has 0 aliphatic rings. The van der Waals surface area contributed by atoms with Gasteiger partial charge in [0.2, 0.25) is 0 Å². The molecule has 3 N–H and O–H groups in total. The summed E-state index contributed by atoms with van der Waals surface area (Å²) < 4.78 is 0. The molecule has 0 unspecified atom stereocenters. The second-order valence-corrected chi connectivity index (χ2v) is 4.99. The van der Waals surface area contributed by atoms with E-state index in [0.29, 0.717) is 22.4 Å². The minimum Gasteiger partial charge on any atom is -0.383 e. The van der Waals surface area contributed by atoms with Crippen LogP contribution in [0.2, 0.25) is 10.0 Å². The standard InChI is InChI=1S/C13H14Cl2N4/c1-8-12(16)18-7-19-13(8)17-5-4-9-2-3-10(14)6-11(9)15/h2-3,6-7H,4-5H2,1H3,(H3,16,17,18,19). The lowest BCUT2D eigenvalue weighted by atomic mass is 10.1. The summed E-state index contributed by atoms with van der Waals surface area (Å²) in [5.74, 6) is 1.24. The van der Waals surface area contributed by atoms with Crippen LogP contribution in [0.15, 0.2) is 24.5 Å². The number of benzene rings is 1. The van der Waals surface area contributed by atoms with Gasteiger partial charge in [-0.1, -0.05) is 29.3 Å². The zero-order valence-corrected chi connectivity index (χ0v) is 12.0. The van der Waals surface area contributed by atoms with Gasteiger partial charge in [-0.25, -0.2) is 9.97 Å². The number of nitrogen functional groups attached to an aromatic ring is 1. The molecule has 0 fully saturated rings. The second-order valence-electron chi connectivity index (χ2n) is 4.15. The van der Waals surface area contributed by atoms with Gasteiger partial charge in [-0.2, -0.15) is 0 Å². The van der Waals surface area contributed by atoms with Crippen molar-refractivity contribution in [1.29, 1.82) is 0 Å². The van der Waals surface area contributed by atoms with E-state index in [9.17, 15) is 0 Å². The molecule has 1 heterocycles. The molecule has 0 spiro atoms. The van der Waals surface area contributed by atoms with Crippen molar-refractivity contribution in [3.05, 3.63) is 45.7 Å². The number of rotatable bonds is 4. The van der Waals surface area contributed by atoms with Crippen molar-refractivity contribution in [3.63, 3.8) is 0 Å². The lowest BCUT2D eigenvalue weighted by molar-refractivity contribution is 0.993. The van der Waals surface area contributed by atoms with Crippen LogP contribution in [0, 0.1) is 6.92 Å². The predicted octanol–water partition coefficient (Wildman–Crippen LogP) is 3.33. The molecule has 0 aliphatic heterocycles. The topological polar surface area (TPSA) is 63.8 Å². The largest absolute Gasteiger partial charge is 0.383 e. The molecule has 0 bridgehead atoms. The molecule has 0 amide bonds. The third-order valence-corrected chi connectivity index (χ3v) is 3.41. The highest BCUT2D eigenvalue weighted by Crippen LogP contribution is 2.21. The lowest BCUT2D eigenvalue weighted by Gasteiger charge is -2.10. The smallest absolute Gasteiger partial charge is 0.134 e. The van der Waals surface area contributed by atoms with Gasteiger partial charge in [-0.3, -0.25) is 0 Å². The summed E-state index contributed by atoms with van der Waals surface area (Å²) >= 11 is 12.0. The summed E-state index contributed by atoms with van der Waals surface area (Å²) in [6, 6.07) is 5.50.